The van der Waals surface area contributed by atoms with E-state index in [-0.39, 0.29) is 16.3 Å². The number of rotatable bonds is 6. The molecular weight excluding hydrogens is 433 g/mol. The first-order valence-corrected chi connectivity index (χ1v) is 10.0. The summed E-state index contributed by atoms with van der Waals surface area (Å²) in [7, 11) is 3.07. The number of carbonyl (C=O) groups excluding carboxylic acids is 1. The highest BCUT2D eigenvalue weighted by molar-refractivity contribution is 6.30. The van der Waals surface area contributed by atoms with Crippen LogP contribution in [0.1, 0.15) is 10.4 Å². The van der Waals surface area contributed by atoms with E-state index in [4.69, 9.17) is 21.1 Å². The van der Waals surface area contributed by atoms with E-state index in [2.05, 4.69) is 10.4 Å². The average Bonchev–Trinajstić information content (AvgIpc) is 3.26. The van der Waals surface area contributed by atoms with E-state index in [1.165, 1.54) is 19.2 Å². The third-order valence-electron chi connectivity index (χ3n) is 4.82. The minimum absolute atomic E-state index is 0.0186. The molecule has 162 valence electrons. The molecule has 3 aromatic carbocycles. The standard InChI is InChI=1S/C24H19ClFN3O3/c1-31-21-11-8-15(12-22(21)32-2)23-18(14-29(28-23)17-6-4-3-5-7-17)24(30)27-20-10-9-16(25)13-19(20)26/h3-14H,1-2H3,(H,27,30). The van der Waals surface area contributed by atoms with Gasteiger partial charge in [-0.25, -0.2) is 9.07 Å². The molecule has 0 aliphatic rings. The monoisotopic (exact) mass is 451 g/mol. The minimum Gasteiger partial charge on any atom is -0.493 e. The Labute approximate surface area is 189 Å². The maximum Gasteiger partial charge on any atom is 0.259 e. The minimum atomic E-state index is -0.631. The smallest absolute Gasteiger partial charge is 0.259 e. The molecule has 0 spiro atoms. The lowest BCUT2D eigenvalue weighted by Gasteiger charge is -2.10. The van der Waals surface area contributed by atoms with Crippen molar-refractivity contribution in [3.8, 4) is 28.4 Å². The van der Waals surface area contributed by atoms with Crippen LogP contribution in [-0.4, -0.2) is 29.9 Å². The third-order valence-corrected chi connectivity index (χ3v) is 5.05. The Bertz CT molecular complexity index is 1270. The second-order valence-corrected chi connectivity index (χ2v) is 7.26. The highest BCUT2D eigenvalue weighted by atomic mass is 35.5. The van der Waals surface area contributed by atoms with Crippen LogP contribution in [-0.2, 0) is 0 Å². The summed E-state index contributed by atoms with van der Waals surface area (Å²) >= 11 is 5.81. The molecule has 0 saturated carbocycles. The fraction of sp³-hybridized carbons (Fsp3) is 0.0833. The summed E-state index contributed by atoms with van der Waals surface area (Å²) in [5.74, 6) is -0.102. The van der Waals surface area contributed by atoms with Gasteiger partial charge in [-0.15, -0.1) is 0 Å². The summed E-state index contributed by atoms with van der Waals surface area (Å²) in [6, 6.07) is 18.7. The van der Waals surface area contributed by atoms with Gasteiger partial charge in [-0.1, -0.05) is 29.8 Å². The average molecular weight is 452 g/mol. The topological polar surface area (TPSA) is 65.4 Å². The van der Waals surface area contributed by atoms with Gasteiger partial charge >= 0.3 is 0 Å². The summed E-state index contributed by atoms with van der Waals surface area (Å²) < 4.78 is 26.5. The van der Waals surface area contributed by atoms with Crippen molar-refractivity contribution in [1.29, 1.82) is 0 Å². The predicted molar refractivity (Wildman–Crippen MR) is 121 cm³/mol. The molecule has 1 amide bonds. The molecule has 1 heterocycles. The van der Waals surface area contributed by atoms with Gasteiger partial charge in [-0.05, 0) is 48.5 Å². The first-order valence-electron chi connectivity index (χ1n) is 9.64. The number of methoxy groups -OCH3 is 2. The number of nitrogens with one attached hydrogen (secondary N) is 1. The Kier molecular flexibility index (Phi) is 6.09. The molecule has 0 fully saturated rings. The molecule has 0 aliphatic carbocycles. The molecule has 0 saturated heterocycles. The fourth-order valence-corrected chi connectivity index (χ4v) is 3.39. The zero-order valence-electron chi connectivity index (χ0n) is 17.3. The van der Waals surface area contributed by atoms with E-state index in [1.807, 2.05) is 30.3 Å². The predicted octanol–water partition coefficient (Wildman–Crippen LogP) is 5.60. The number of hydrogen-bond donors (Lipinski definition) is 1. The van der Waals surface area contributed by atoms with E-state index in [0.717, 1.165) is 11.8 Å². The fourth-order valence-electron chi connectivity index (χ4n) is 3.23. The van der Waals surface area contributed by atoms with Crippen molar-refractivity contribution >= 4 is 23.2 Å². The second-order valence-electron chi connectivity index (χ2n) is 6.82. The maximum absolute atomic E-state index is 14.3. The van der Waals surface area contributed by atoms with Gasteiger partial charge in [0.25, 0.3) is 5.91 Å². The summed E-state index contributed by atoms with van der Waals surface area (Å²) in [6.07, 6.45) is 1.60. The van der Waals surface area contributed by atoms with Crippen molar-refractivity contribution in [1.82, 2.24) is 9.78 Å². The normalized spacial score (nSPS) is 10.6. The molecule has 0 atom stereocenters. The first kappa shape index (κ1) is 21.4. The number of para-hydroxylation sites is 1. The highest BCUT2D eigenvalue weighted by Gasteiger charge is 2.21. The largest absolute Gasteiger partial charge is 0.493 e. The molecule has 0 bridgehead atoms. The molecule has 1 aromatic heterocycles. The Hall–Kier alpha value is -3.84. The van der Waals surface area contributed by atoms with Crippen LogP contribution in [0.3, 0.4) is 0 Å². The number of ether oxygens (including phenoxy) is 2. The molecule has 4 rings (SSSR count). The van der Waals surface area contributed by atoms with Crippen LogP contribution < -0.4 is 14.8 Å². The number of amides is 1. The number of halogens is 2. The molecule has 0 unspecified atom stereocenters. The van der Waals surface area contributed by atoms with Gasteiger partial charge in [-0.3, -0.25) is 4.79 Å². The van der Waals surface area contributed by atoms with Gasteiger partial charge < -0.3 is 14.8 Å². The number of carbonyl (C=O) groups is 1. The van der Waals surface area contributed by atoms with E-state index in [1.54, 1.807) is 36.2 Å². The van der Waals surface area contributed by atoms with E-state index < -0.39 is 11.7 Å². The lowest BCUT2D eigenvalue weighted by molar-refractivity contribution is 0.102. The van der Waals surface area contributed by atoms with Gasteiger partial charge in [0.15, 0.2) is 11.5 Å². The van der Waals surface area contributed by atoms with Crippen LogP contribution in [0.25, 0.3) is 16.9 Å². The summed E-state index contributed by atoms with van der Waals surface area (Å²) in [5, 5.41) is 7.46. The second kappa shape index (κ2) is 9.11. The Morgan fingerprint density at radius 3 is 2.44 bits per heavy atom. The number of benzene rings is 3. The molecule has 32 heavy (non-hydrogen) atoms. The van der Waals surface area contributed by atoms with E-state index in [9.17, 15) is 9.18 Å². The van der Waals surface area contributed by atoms with Crippen molar-refractivity contribution in [3.63, 3.8) is 0 Å². The molecule has 0 radical (unpaired) electrons. The van der Waals surface area contributed by atoms with Crippen molar-refractivity contribution < 1.29 is 18.7 Å². The van der Waals surface area contributed by atoms with Gasteiger partial charge in [0, 0.05) is 16.8 Å². The number of hydrogen-bond acceptors (Lipinski definition) is 4. The van der Waals surface area contributed by atoms with Crippen LogP contribution in [0.2, 0.25) is 5.02 Å². The molecule has 6 nitrogen and oxygen atoms in total. The molecule has 1 N–H and O–H groups in total. The van der Waals surface area contributed by atoms with Crippen LogP contribution in [0, 0.1) is 5.82 Å². The lowest BCUT2D eigenvalue weighted by Crippen LogP contribution is -2.13. The van der Waals surface area contributed by atoms with Gasteiger partial charge in [0.05, 0.1) is 31.2 Å². The Morgan fingerprint density at radius 1 is 1.00 bits per heavy atom. The summed E-state index contributed by atoms with van der Waals surface area (Å²) in [5.41, 5.74) is 2.09. The van der Waals surface area contributed by atoms with Crippen LogP contribution in [0.5, 0.6) is 11.5 Å². The first-order chi connectivity index (χ1) is 15.5. The van der Waals surface area contributed by atoms with Crippen molar-refractivity contribution in [3.05, 3.63) is 89.3 Å². The third kappa shape index (κ3) is 4.29. The van der Waals surface area contributed by atoms with Crippen LogP contribution in [0.4, 0.5) is 10.1 Å². The van der Waals surface area contributed by atoms with Crippen molar-refractivity contribution in [2.45, 2.75) is 0 Å². The van der Waals surface area contributed by atoms with Gasteiger partial charge in [0.2, 0.25) is 0 Å². The molecular formula is C24H19ClFN3O3. The molecule has 8 heteroatoms. The van der Waals surface area contributed by atoms with Gasteiger partial charge in [-0.2, -0.15) is 5.10 Å². The van der Waals surface area contributed by atoms with E-state index >= 15 is 0 Å². The zero-order chi connectivity index (χ0) is 22.7. The Morgan fingerprint density at radius 2 is 1.75 bits per heavy atom. The van der Waals surface area contributed by atoms with E-state index in [0.29, 0.717) is 22.8 Å². The van der Waals surface area contributed by atoms with Crippen molar-refractivity contribution in [2.24, 2.45) is 0 Å². The highest BCUT2D eigenvalue weighted by Crippen LogP contribution is 2.34. The molecule has 4 aromatic rings. The summed E-state index contributed by atoms with van der Waals surface area (Å²) in [6.45, 7) is 0. The summed E-state index contributed by atoms with van der Waals surface area (Å²) in [4.78, 5) is 13.1. The quantitative estimate of drug-likeness (QED) is 0.414. The zero-order valence-corrected chi connectivity index (χ0v) is 18.1. The SMILES string of the molecule is COc1ccc(-c2nn(-c3ccccc3)cc2C(=O)Nc2ccc(Cl)cc2F)cc1OC. The van der Waals surface area contributed by atoms with Crippen LogP contribution >= 0.6 is 11.6 Å². The van der Waals surface area contributed by atoms with Crippen LogP contribution in [0.15, 0.2) is 72.9 Å². The number of nitrogens with zero attached hydrogens (tertiary/aromatic N) is 2. The number of anilines is 1. The number of aromatic nitrogens is 2. The lowest BCUT2D eigenvalue weighted by atomic mass is 10.1. The Balaban J connectivity index is 1.80. The molecule has 0 aliphatic heterocycles. The van der Waals surface area contributed by atoms with Gasteiger partial charge in [0.1, 0.15) is 11.5 Å². The van der Waals surface area contributed by atoms with Crippen molar-refractivity contribution in [2.75, 3.05) is 19.5 Å². The maximum atomic E-state index is 14.3.